The van der Waals surface area contributed by atoms with Crippen molar-refractivity contribution in [3.05, 3.63) is 52.6 Å². The van der Waals surface area contributed by atoms with Crippen molar-refractivity contribution in [3.63, 3.8) is 0 Å². The minimum Gasteiger partial charge on any atom is -0.344 e. The molecule has 2 N–H and O–H groups in total. The Hall–Kier alpha value is -1.32. The fraction of sp³-hybridized carbons (Fsp3) is 0.357. The second-order valence-corrected chi connectivity index (χ2v) is 4.80. The summed E-state index contributed by atoms with van der Waals surface area (Å²) >= 11 is 5.86. The summed E-state index contributed by atoms with van der Waals surface area (Å²) in [6.07, 6.45) is 2.70. The van der Waals surface area contributed by atoms with Crippen LogP contribution >= 0.6 is 11.6 Å². The van der Waals surface area contributed by atoms with Crippen LogP contribution in [0.15, 0.2) is 30.5 Å². The monoisotopic (exact) mass is 263 g/mol. The maximum absolute atomic E-state index is 5.86. The summed E-state index contributed by atoms with van der Waals surface area (Å²) in [4.78, 5) is 7.76. The van der Waals surface area contributed by atoms with Crippen molar-refractivity contribution < 1.29 is 0 Å². The molecule has 1 heterocycles. The second kappa shape index (κ2) is 6.03. The average Bonchev–Trinajstić information content (AvgIpc) is 2.81. The Morgan fingerprint density at radius 1 is 1.33 bits per heavy atom. The van der Waals surface area contributed by atoms with E-state index in [1.165, 1.54) is 5.56 Å². The Morgan fingerprint density at radius 2 is 2.06 bits per heavy atom. The van der Waals surface area contributed by atoms with Gasteiger partial charge in [-0.25, -0.2) is 4.98 Å². The molecule has 0 bridgehead atoms. The van der Waals surface area contributed by atoms with Crippen molar-refractivity contribution in [2.24, 2.45) is 0 Å². The average molecular weight is 264 g/mol. The number of aromatic amines is 1. The molecule has 0 saturated heterocycles. The van der Waals surface area contributed by atoms with Crippen LogP contribution < -0.4 is 5.32 Å². The molecule has 0 aliphatic carbocycles. The van der Waals surface area contributed by atoms with E-state index in [1.54, 1.807) is 0 Å². The molecule has 1 aromatic heterocycles. The highest BCUT2D eigenvalue weighted by molar-refractivity contribution is 6.30. The van der Waals surface area contributed by atoms with Gasteiger partial charge in [0.2, 0.25) is 0 Å². The van der Waals surface area contributed by atoms with Crippen LogP contribution in [0, 0.1) is 0 Å². The lowest BCUT2D eigenvalue weighted by atomic mass is 10.1. The van der Waals surface area contributed by atoms with Gasteiger partial charge < -0.3 is 10.3 Å². The van der Waals surface area contributed by atoms with Gasteiger partial charge in [0, 0.05) is 23.7 Å². The van der Waals surface area contributed by atoms with Crippen LogP contribution in [-0.4, -0.2) is 16.5 Å². The molecule has 1 aromatic carbocycles. The van der Waals surface area contributed by atoms with E-state index in [0.717, 1.165) is 29.5 Å². The van der Waals surface area contributed by atoms with Gasteiger partial charge in [0.1, 0.15) is 5.82 Å². The smallest absolute Gasteiger partial charge is 0.110 e. The number of aromatic nitrogens is 2. The molecule has 0 saturated carbocycles. The van der Waals surface area contributed by atoms with Crippen LogP contribution in [0.1, 0.15) is 37.0 Å². The van der Waals surface area contributed by atoms with Gasteiger partial charge in [0.05, 0.1) is 5.69 Å². The third-order valence-corrected chi connectivity index (χ3v) is 3.16. The van der Waals surface area contributed by atoms with Crippen LogP contribution in [0.4, 0.5) is 0 Å². The highest BCUT2D eigenvalue weighted by atomic mass is 35.5. The maximum Gasteiger partial charge on any atom is 0.110 e. The fourth-order valence-corrected chi connectivity index (χ4v) is 2.03. The minimum absolute atomic E-state index is 0.307. The fourth-order valence-electron chi connectivity index (χ4n) is 1.90. The molecular formula is C14H18ClN3. The lowest BCUT2D eigenvalue weighted by molar-refractivity contribution is 0.585. The van der Waals surface area contributed by atoms with E-state index in [4.69, 9.17) is 11.6 Å². The Labute approximate surface area is 113 Å². The molecule has 1 unspecified atom stereocenters. The zero-order valence-corrected chi connectivity index (χ0v) is 11.5. The van der Waals surface area contributed by atoms with Gasteiger partial charge in [0.15, 0.2) is 0 Å². The lowest BCUT2D eigenvalue weighted by Gasteiger charge is -2.08. The number of hydrogen-bond acceptors (Lipinski definition) is 2. The highest BCUT2D eigenvalue weighted by Gasteiger charge is 2.07. The van der Waals surface area contributed by atoms with E-state index >= 15 is 0 Å². The van der Waals surface area contributed by atoms with Crippen LogP contribution in [-0.2, 0) is 6.42 Å². The van der Waals surface area contributed by atoms with Crippen molar-refractivity contribution in [2.75, 3.05) is 6.54 Å². The minimum atomic E-state index is 0.307. The van der Waals surface area contributed by atoms with Gasteiger partial charge in [-0.2, -0.15) is 0 Å². The molecule has 1 atom stereocenters. The van der Waals surface area contributed by atoms with Gasteiger partial charge in [0.25, 0.3) is 0 Å². The molecule has 0 aliphatic rings. The number of nitrogens with one attached hydrogen (secondary N) is 2. The SMILES string of the molecule is CCNC(C)c1cnc(Cc2ccc(Cl)cc2)[nH]1. The molecule has 0 amide bonds. The number of benzene rings is 1. The molecular weight excluding hydrogens is 246 g/mol. The summed E-state index contributed by atoms with van der Waals surface area (Å²) in [6, 6.07) is 8.17. The van der Waals surface area contributed by atoms with Crippen molar-refractivity contribution in [1.82, 2.24) is 15.3 Å². The maximum atomic E-state index is 5.86. The zero-order chi connectivity index (χ0) is 13.0. The van der Waals surface area contributed by atoms with E-state index in [-0.39, 0.29) is 0 Å². The Balaban J connectivity index is 2.04. The molecule has 3 nitrogen and oxygen atoms in total. The number of H-pyrrole nitrogens is 1. The summed E-state index contributed by atoms with van der Waals surface area (Å²) in [6.45, 7) is 5.18. The standard InChI is InChI=1S/C14H18ClN3/c1-3-16-10(2)13-9-17-14(18-13)8-11-4-6-12(15)7-5-11/h4-7,9-10,16H,3,8H2,1-2H3,(H,17,18). The normalized spacial score (nSPS) is 12.6. The molecule has 4 heteroatoms. The number of rotatable bonds is 5. The Bertz CT molecular complexity index is 490. The van der Waals surface area contributed by atoms with Crippen LogP contribution in [0.25, 0.3) is 0 Å². The first-order valence-corrected chi connectivity index (χ1v) is 6.58. The van der Waals surface area contributed by atoms with Crippen molar-refractivity contribution in [1.29, 1.82) is 0 Å². The van der Waals surface area contributed by atoms with E-state index < -0.39 is 0 Å². The first kappa shape index (κ1) is 13.1. The van der Waals surface area contributed by atoms with Crippen molar-refractivity contribution >= 4 is 11.6 Å². The molecule has 96 valence electrons. The van der Waals surface area contributed by atoms with Crippen LogP contribution in [0.5, 0.6) is 0 Å². The highest BCUT2D eigenvalue weighted by Crippen LogP contribution is 2.14. The van der Waals surface area contributed by atoms with Crippen molar-refractivity contribution in [2.45, 2.75) is 26.3 Å². The molecule has 0 spiro atoms. The summed E-state index contributed by atoms with van der Waals surface area (Å²) in [7, 11) is 0. The first-order chi connectivity index (χ1) is 8.69. The molecule has 0 radical (unpaired) electrons. The number of imidazole rings is 1. The molecule has 0 aliphatic heterocycles. The summed E-state index contributed by atoms with van der Waals surface area (Å²) in [5.41, 5.74) is 2.33. The predicted octanol–water partition coefficient (Wildman–Crippen LogP) is 3.32. The third kappa shape index (κ3) is 3.34. The lowest BCUT2D eigenvalue weighted by Crippen LogP contribution is -2.17. The largest absolute Gasteiger partial charge is 0.344 e. The summed E-state index contributed by atoms with van der Waals surface area (Å²) in [5, 5.41) is 4.12. The molecule has 18 heavy (non-hydrogen) atoms. The number of nitrogens with zero attached hydrogens (tertiary/aromatic N) is 1. The van der Waals surface area contributed by atoms with E-state index in [0.29, 0.717) is 6.04 Å². The first-order valence-electron chi connectivity index (χ1n) is 6.20. The summed E-state index contributed by atoms with van der Waals surface area (Å²) in [5.74, 6) is 0.983. The molecule has 2 rings (SSSR count). The Kier molecular flexibility index (Phi) is 4.39. The van der Waals surface area contributed by atoms with Gasteiger partial charge >= 0.3 is 0 Å². The summed E-state index contributed by atoms with van der Waals surface area (Å²) < 4.78 is 0. The van der Waals surface area contributed by atoms with E-state index in [2.05, 4.69) is 29.1 Å². The van der Waals surface area contributed by atoms with Crippen LogP contribution in [0.2, 0.25) is 5.02 Å². The zero-order valence-electron chi connectivity index (χ0n) is 10.7. The van der Waals surface area contributed by atoms with Gasteiger partial charge in [-0.3, -0.25) is 0 Å². The number of halogens is 1. The predicted molar refractivity (Wildman–Crippen MR) is 74.9 cm³/mol. The Morgan fingerprint density at radius 3 is 2.72 bits per heavy atom. The van der Waals surface area contributed by atoms with Gasteiger partial charge in [-0.1, -0.05) is 30.7 Å². The molecule has 2 aromatic rings. The third-order valence-electron chi connectivity index (χ3n) is 2.91. The molecule has 0 fully saturated rings. The van der Waals surface area contributed by atoms with E-state index in [1.807, 2.05) is 30.5 Å². The topological polar surface area (TPSA) is 40.7 Å². The van der Waals surface area contributed by atoms with Crippen molar-refractivity contribution in [3.8, 4) is 0 Å². The quantitative estimate of drug-likeness (QED) is 0.869. The number of hydrogen-bond donors (Lipinski definition) is 2. The van der Waals surface area contributed by atoms with E-state index in [9.17, 15) is 0 Å². The van der Waals surface area contributed by atoms with Gasteiger partial charge in [-0.15, -0.1) is 0 Å². The second-order valence-electron chi connectivity index (χ2n) is 4.37. The van der Waals surface area contributed by atoms with Crippen LogP contribution in [0.3, 0.4) is 0 Å². The van der Waals surface area contributed by atoms with Gasteiger partial charge in [-0.05, 0) is 31.2 Å².